The minimum absolute atomic E-state index is 0.0308. The predicted molar refractivity (Wildman–Crippen MR) is 144 cm³/mol. The molecule has 40 heavy (non-hydrogen) atoms. The molecule has 1 aliphatic rings. The molecule has 0 radical (unpaired) electrons. The van der Waals surface area contributed by atoms with Gasteiger partial charge in [-0.2, -0.15) is 0 Å². The van der Waals surface area contributed by atoms with E-state index >= 15 is 0 Å². The van der Waals surface area contributed by atoms with Gasteiger partial charge in [0, 0.05) is 19.2 Å². The molecule has 0 unspecified atom stereocenters. The van der Waals surface area contributed by atoms with Gasteiger partial charge < -0.3 is 15.4 Å². The number of hydrogen-bond donors (Lipinski definition) is 2. The number of carbonyl (C=O) groups excluding carboxylic acids is 2. The number of aromatic nitrogens is 2. The molecule has 0 saturated carbocycles. The van der Waals surface area contributed by atoms with Crippen LogP contribution in [-0.2, 0) is 27.3 Å². The van der Waals surface area contributed by atoms with Crippen molar-refractivity contribution in [3.05, 3.63) is 105 Å². The molecule has 2 N–H and O–H groups in total. The Bertz CT molecular complexity index is 1690. The number of hydrogen-bond acceptors (Lipinski definition) is 5. The van der Waals surface area contributed by atoms with Crippen molar-refractivity contribution in [2.24, 2.45) is 0 Å². The van der Waals surface area contributed by atoms with Crippen molar-refractivity contribution < 1.29 is 23.1 Å². The molecule has 1 saturated heterocycles. The number of fused-ring (bicyclic) bond motifs is 1. The molecule has 4 aromatic rings. The molecule has 11 heteroatoms. The fourth-order valence-electron chi connectivity index (χ4n) is 4.67. The summed E-state index contributed by atoms with van der Waals surface area (Å²) < 4.78 is 35.1. The minimum Gasteiger partial charge on any atom is -0.376 e. The van der Waals surface area contributed by atoms with Crippen LogP contribution in [0.5, 0.6) is 0 Å². The van der Waals surface area contributed by atoms with Crippen molar-refractivity contribution in [1.29, 1.82) is 0 Å². The Balaban J connectivity index is 1.41. The smallest absolute Gasteiger partial charge is 0.336 e. The van der Waals surface area contributed by atoms with Gasteiger partial charge in [0.2, 0.25) is 11.8 Å². The molecule has 0 bridgehead atoms. The highest BCUT2D eigenvalue weighted by atomic mass is 19.1. The predicted octanol–water partition coefficient (Wildman–Crippen LogP) is 2.91. The monoisotopic (exact) mass is 548 g/mol. The second-order valence-corrected chi connectivity index (χ2v) is 9.48. The number of benzene rings is 3. The number of carbonyl (C=O) groups is 2. The van der Waals surface area contributed by atoms with Gasteiger partial charge in [-0.3, -0.25) is 19.0 Å². The zero-order valence-corrected chi connectivity index (χ0v) is 21.4. The van der Waals surface area contributed by atoms with Gasteiger partial charge in [0.15, 0.2) is 0 Å². The summed E-state index contributed by atoms with van der Waals surface area (Å²) in [7, 11) is 0. The van der Waals surface area contributed by atoms with Crippen LogP contribution < -0.4 is 21.9 Å². The highest BCUT2D eigenvalue weighted by Crippen LogP contribution is 2.16. The quantitative estimate of drug-likeness (QED) is 0.352. The van der Waals surface area contributed by atoms with E-state index in [0.29, 0.717) is 18.7 Å². The summed E-state index contributed by atoms with van der Waals surface area (Å²) in [6.45, 7) is 0.592. The molecule has 206 valence electrons. The van der Waals surface area contributed by atoms with Crippen LogP contribution >= 0.6 is 0 Å². The summed E-state index contributed by atoms with van der Waals surface area (Å²) in [4.78, 5) is 51.9. The van der Waals surface area contributed by atoms with Crippen LogP contribution in [0.3, 0.4) is 0 Å². The Morgan fingerprint density at radius 2 is 1.75 bits per heavy atom. The Labute approximate surface area is 227 Å². The maximum atomic E-state index is 14.0. The van der Waals surface area contributed by atoms with E-state index < -0.39 is 35.3 Å². The Hall–Kier alpha value is -4.64. The lowest BCUT2D eigenvalue weighted by Crippen LogP contribution is -2.40. The van der Waals surface area contributed by atoms with E-state index in [1.165, 1.54) is 12.1 Å². The zero-order chi connectivity index (χ0) is 28.2. The van der Waals surface area contributed by atoms with E-state index in [1.807, 2.05) is 0 Å². The topological polar surface area (TPSA) is 111 Å². The van der Waals surface area contributed by atoms with E-state index in [9.17, 15) is 28.0 Å². The van der Waals surface area contributed by atoms with Gasteiger partial charge in [0.05, 0.1) is 34.8 Å². The SMILES string of the molecule is O=C(Cc1ccc(-n2c(=O)c3ccccc3n(CC(=O)Nc3cc(F)ccc3F)c2=O)cc1)NC[C@@H]1CCCO1. The van der Waals surface area contributed by atoms with Crippen LogP contribution in [0.15, 0.2) is 76.3 Å². The molecule has 0 spiro atoms. The second-order valence-electron chi connectivity index (χ2n) is 9.48. The van der Waals surface area contributed by atoms with Crippen molar-refractivity contribution in [2.45, 2.75) is 31.9 Å². The van der Waals surface area contributed by atoms with Crippen molar-refractivity contribution in [3.63, 3.8) is 0 Å². The van der Waals surface area contributed by atoms with Gasteiger partial charge in [0.1, 0.15) is 18.2 Å². The Morgan fingerprint density at radius 3 is 2.50 bits per heavy atom. The Morgan fingerprint density at radius 1 is 0.975 bits per heavy atom. The molecular formula is C29H26F2N4O5. The van der Waals surface area contributed by atoms with Crippen molar-refractivity contribution in [1.82, 2.24) is 14.5 Å². The molecule has 2 amide bonds. The first-order valence-electron chi connectivity index (χ1n) is 12.8. The molecule has 3 aromatic carbocycles. The third-order valence-electron chi connectivity index (χ3n) is 6.66. The summed E-state index contributed by atoms with van der Waals surface area (Å²) in [5.41, 5.74) is -0.612. The van der Waals surface area contributed by atoms with Crippen LogP contribution in [0.2, 0.25) is 0 Å². The average Bonchev–Trinajstić information content (AvgIpc) is 3.47. The summed E-state index contributed by atoms with van der Waals surface area (Å²) >= 11 is 0. The summed E-state index contributed by atoms with van der Waals surface area (Å²) in [6, 6.07) is 15.3. The lowest BCUT2D eigenvalue weighted by atomic mass is 10.1. The largest absolute Gasteiger partial charge is 0.376 e. The number of nitrogens with one attached hydrogen (secondary N) is 2. The third kappa shape index (κ3) is 5.84. The van der Waals surface area contributed by atoms with E-state index in [0.717, 1.165) is 40.2 Å². The maximum absolute atomic E-state index is 14.0. The van der Waals surface area contributed by atoms with Gasteiger partial charge in [-0.05, 0) is 54.8 Å². The molecule has 0 aliphatic carbocycles. The fraction of sp³-hybridized carbons (Fsp3) is 0.241. The van der Waals surface area contributed by atoms with Gasteiger partial charge in [-0.1, -0.05) is 24.3 Å². The molecular weight excluding hydrogens is 522 g/mol. The summed E-state index contributed by atoms with van der Waals surface area (Å²) in [5.74, 6) is -2.53. The number of nitrogens with zero attached hydrogens (tertiary/aromatic N) is 2. The lowest BCUT2D eigenvalue weighted by molar-refractivity contribution is -0.121. The summed E-state index contributed by atoms with van der Waals surface area (Å²) in [5, 5.41) is 5.31. The summed E-state index contributed by atoms with van der Waals surface area (Å²) in [6.07, 6.45) is 2.04. The van der Waals surface area contributed by atoms with Crippen LogP contribution in [0.25, 0.3) is 16.6 Å². The molecule has 1 aliphatic heterocycles. The molecule has 9 nitrogen and oxygen atoms in total. The van der Waals surface area contributed by atoms with E-state index in [2.05, 4.69) is 10.6 Å². The van der Waals surface area contributed by atoms with Gasteiger partial charge in [0.25, 0.3) is 5.56 Å². The van der Waals surface area contributed by atoms with Crippen molar-refractivity contribution >= 4 is 28.4 Å². The van der Waals surface area contributed by atoms with E-state index in [-0.39, 0.29) is 40.7 Å². The molecule has 5 rings (SSSR count). The van der Waals surface area contributed by atoms with E-state index in [4.69, 9.17) is 4.74 Å². The maximum Gasteiger partial charge on any atom is 0.336 e. The van der Waals surface area contributed by atoms with Crippen LogP contribution in [-0.4, -0.2) is 40.2 Å². The number of para-hydroxylation sites is 1. The highest BCUT2D eigenvalue weighted by Gasteiger charge is 2.19. The normalized spacial score (nSPS) is 14.8. The average molecular weight is 549 g/mol. The minimum atomic E-state index is -0.836. The number of rotatable bonds is 8. The first-order valence-corrected chi connectivity index (χ1v) is 12.8. The van der Waals surface area contributed by atoms with Crippen molar-refractivity contribution in [2.75, 3.05) is 18.5 Å². The standard InChI is InChI=1S/C29H26F2N4O5/c30-19-9-12-23(31)24(15-19)33-27(37)17-34-25-6-2-1-5-22(25)28(38)35(29(34)39)20-10-7-18(8-11-20)14-26(36)32-16-21-4-3-13-40-21/h1-2,5-12,15,21H,3-4,13-14,16-17H2,(H,32,36)(H,33,37)/t21-/m0/s1. The van der Waals surface area contributed by atoms with Crippen LogP contribution in [0, 0.1) is 11.6 Å². The number of ether oxygens (including phenoxy) is 1. The molecule has 1 atom stereocenters. The second kappa shape index (κ2) is 11.6. The van der Waals surface area contributed by atoms with Gasteiger partial charge in [-0.15, -0.1) is 0 Å². The fourth-order valence-corrected chi connectivity index (χ4v) is 4.67. The molecule has 2 heterocycles. The highest BCUT2D eigenvalue weighted by molar-refractivity contribution is 5.91. The van der Waals surface area contributed by atoms with Gasteiger partial charge in [-0.25, -0.2) is 18.1 Å². The number of anilines is 1. The van der Waals surface area contributed by atoms with Crippen LogP contribution in [0.4, 0.5) is 14.5 Å². The van der Waals surface area contributed by atoms with Crippen molar-refractivity contribution in [3.8, 4) is 5.69 Å². The van der Waals surface area contributed by atoms with Gasteiger partial charge >= 0.3 is 5.69 Å². The molecule has 1 aromatic heterocycles. The zero-order valence-electron chi connectivity index (χ0n) is 21.4. The lowest BCUT2D eigenvalue weighted by Gasteiger charge is -2.15. The number of halogens is 2. The first-order chi connectivity index (χ1) is 19.3. The number of amides is 2. The first kappa shape index (κ1) is 26.9. The Kier molecular flexibility index (Phi) is 7.83. The van der Waals surface area contributed by atoms with E-state index in [1.54, 1.807) is 36.4 Å². The molecule has 1 fully saturated rings. The third-order valence-corrected chi connectivity index (χ3v) is 6.66. The van der Waals surface area contributed by atoms with Crippen LogP contribution in [0.1, 0.15) is 18.4 Å².